The number of thiazole rings is 1. The normalized spacial score (nSPS) is 16.1. The Labute approximate surface area is 494 Å². The Hall–Kier alpha value is -7.50. The Morgan fingerprint density at radius 2 is 1.50 bits per heavy atom. The molecule has 2 fully saturated rings. The molecule has 7 aromatic rings. The molecule has 4 amide bonds. The first kappa shape index (κ1) is 61.1. The Kier molecular flexibility index (Phi) is 20.6. The molecule has 0 bridgehead atoms. The van der Waals surface area contributed by atoms with E-state index in [-0.39, 0.29) is 62.4 Å². The van der Waals surface area contributed by atoms with Crippen molar-refractivity contribution < 1.29 is 43.2 Å². The Morgan fingerprint density at radius 3 is 2.17 bits per heavy atom. The van der Waals surface area contributed by atoms with Crippen LogP contribution in [0.4, 0.5) is 5.82 Å². The summed E-state index contributed by atoms with van der Waals surface area (Å²) in [5, 5.41) is 19.3. The number of aromatic nitrogens is 5. The number of nitrogens with zero attached hydrogens (tertiary/aromatic N) is 6. The fraction of sp³-hybridized carbons (Fsp3) is 0.429. The highest BCUT2D eigenvalue weighted by atomic mass is 32.1. The molecule has 21 heteroatoms. The number of fused-ring (bicyclic) bond motifs is 1. The average molecular weight is 1160 g/mol. The zero-order valence-electron chi connectivity index (χ0n) is 48.3. The predicted molar refractivity (Wildman–Crippen MR) is 323 cm³/mol. The summed E-state index contributed by atoms with van der Waals surface area (Å²) in [6.45, 7) is 10.5. The second kappa shape index (κ2) is 28.4. The molecule has 3 aromatic carbocycles. The summed E-state index contributed by atoms with van der Waals surface area (Å²) in [5.41, 5.74) is 23.6. The first-order valence-corrected chi connectivity index (χ1v) is 29.6. The highest BCUT2D eigenvalue weighted by molar-refractivity contribution is 7.13. The van der Waals surface area contributed by atoms with Crippen LogP contribution in [-0.2, 0) is 56.6 Å². The molecule has 1 unspecified atom stereocenters. The highest BCUT2D eigenvalue weighted by Gasteiger charge is 2.44. The monoisotopic (exact) mass is 1160 g/mol. The van der Waals surface area contributed by atoms with Gasteiger partial charge >= 0.3 is 0 Å². The van der Waals surface area contributed by atoms with E-state index in [1.807, 2.05) is 105 Å². The van der Waals surface area contributed by atoms with Gasteiger partial charge in [0.2, 0.25) is 23.6 Å². The standard InChI is InChI=1S/C63H77N11O9S/c1-41-55(84-40-69-41)44-14-11-43(12-15-44)38-68-60(78)52-37-48(75)39-73(52)61(79)56(62(2,3)4)72-54(77)23-28-80-30-32-82-34-35-83-33-31-81-29-27-66-53(76)22-13-42-8-5-9-45(36-42)50-20-21-51-59(70-50)74(58(71-51)49-10-6-26-67-57(49)64)47-18-16-46(17-19-47)63(65)24-7-25-63/h5-6,8-12,14-21,26,36,40,48,52,56,75H,7,13,22-25,27-35,37-39,65H2,1-4H3,(H2,64,67)(H,66,76)(H,68,78)(H,72,77)/t48-,52+,56?/m1/s1. The number of β-amino-alcohol motifs (C(OH)–C–C–N with tert-alkyl or cyclic N) is 1. The number of nitrogens with one attached hydrogen (secondary N) is 3. The van der Waals surface area contributed by atoms with Crippen LogP contribution in [-0.4, -0.2) is 142 Å². The lowest BCUT2D eigenvalue weighted by molar-refractivity contribution is -0.144. The van der Waals surface area contributed by atoms with E-state index in [2.05, 4.69) is 56.3 Å². The molecule has 0 radical (unpaired) electrons. The summed E-state index contributed by atoms with van der Waals surface area (Å²) in [5.74, 6) is -0.228. The van der Waals surface area contributed by atoms with E-state index in [0.29, 0.717) is 87.4 Å². The third-order valence-corrected chi connectivity index (χ3v) is 16.2. The summed E-state index contributed by atoms with van der Waals surface area (Å²) in [6.07, 6.45) is 4.83. The zero-order chi connectivity index (χ0) is 59.2. The van der Waals surface area contributed by atoms with Crippen molar-refractivity contribution in [3.63, 3.8) is 0 Å². The van der Waals surface area contributed by atoms with Gasteiger partial charge in [0.15, 0.2) is 11.5 Å². The molecule has 4 aromatic heterocycles. The van der Waals surface area contributed by atoms with Gasteiger partial charge in [-0.25, -0.2) is 19.9 Å². The van der Waals surface area contributed by atoms with Crippen LogP contribution >= 0.6 is 11.3 Å². The summed E-state index contributed by atoms with van der Waals surface area (Å²) >= 11 is 1.57. The molecule has 3 atom stereocenters. The van der Waals surface area contributed by atoms with Crippen molar-refractivity contribution in [3.05, 3.63) is 131 Å². The molecule has 1 saturated carbocycles. The average Bonchev–Trinajstić information content (AvgIpc) is 2.64. The minimum Gasteiger partial charge on any atom is -0.391 e. The molecular weight excluding hydrogens is 1090 g/mol. The molecule has 0 spiro atoms. The second-order valence-corrected chi connectivity index (χ2v) is 23.4. The number of aliphatic hydroxyl groups is 1. The van der Waals surface area contributed by atoms with Crippen molar-refractivity contribution >= 4 is 51.9 Å². The maximum Gasteiger partial charge on any atom is 0.246 e. The number of pyridine rings is 2. The van der Waals surface area contributed by atoms with Crippen molar-refractivity contribution in [2.24, 2.45) is 11.1 Å². The van der Waals surface area contributed by atoms with E-state index < -0.39 is 29.5 Å². The molecule has 1 saturated heterocycles. The number of aryl methyl sites for hydroxylation is 2. The second-order valence-electron chi connectivity index (χ2n) is 22.5. The number of carbonyl (C=O) groups is 4. The van der Waals surface area contributed by atoms with Crippen LogP contribution in [0.25, 0.3) is 49.9 Å². The van der Waals surface area contributed by atoms with E-state index in [4.69, 9.17) is 40.4 Å². The van der Waals surface area contributed by atoms with Crippen LogP contribution in [0, 0.1) is 12.3 Å². The molecule has 2 aliphatic rings. The number of hydrogen-bond acceptors (Lipinski definition) is 16. The number of nitrogens with two attached hydrogens (primary N) is 2. The number of amides is 4. The molecule has 84 heavy (non-hydrogen) atoms. The molecule has 20 nitrogen and oxygen atoms in total. The highest BCUT2D eigenvalue weighted by Crippen LogP contribution is 2.40. The summed E-state index contributed by atoms with van der Waals surface area (Å²) in [7, 11) is 0. The van der Waals surface area contributed by atoms with Crippen molar-refractivity contribution in [1.82, 2.24) is 45.4 Å². The van der Waals surface area contributed by atoms with E-state index in [1.165, 1.54) is 4.90 Å². The maximum absolute atomic E-state index is 14.0. The van der Waals surface area contributed by atoms with E-state index in [0.717, 1.165) is 69.0 Å². The SMILES string of the molecule is Cc1ncsc1-c1ccc(CNC(=O)[C@@H]2C[C@@H](O)CN2C(=O)C(NC(=O)CCOCCOCCOCCOCCNC(=O)CCc2cccc(-c3ccc4nc(-c5cccnc5N)n(-c5ccc(C6(N)CCC6)cc5)c4n3)c2)C(C)(C)C)cc1. The van der Waals surface area contributed by atoms with Gasteiger partial charge in [-0.3, -0.25) is 23.7 Å². The van der Waals surface area contributed by atoms with Gasteiger partial charge < -0.3 is 56.4 Å². The van der Waals surface area contributed by atoms with Crippen LogP contribution in [0.15, 0.2) is 109 Å². The van der Waals surface area contributed by atoms with Crippen LogP contribution in [0.5, 0.6) is 0 Å². The first-order chi connectivity index (χ1) is 40.5. The minimum atomic E-state index is -0.940. The van der Waals surface area contributed by atoms with Gasteiger partial charge in [0.05, 0.1) is 86.3 Å². The van der Waals surface area contributed by atoms with Crippen molar-refractivity contribution in [2.75, 3.05) is 71.7 Å². The van der Waals surface area contributed by atoms with E-state index in [9.17, 15) is 24.3 Å². The molecule has 5 heterocycles. The number of hydrogen-bond donors (Lipinski definition) is 6. The smallest absolute Gasteiger partial charge is 0.246 e. The number of aliphatic hydroxyl groups excluding tert-OH is 1. The lowest BCUT2D eigenvalue weighted by atomic mass is 9.73. The third-order valence-electron chi connectivity index (χ3n) is 15.3. The number of likely N-dealkylation sites (tertiary alicyclic amines) is 1. The van der Waals surface area contributed by atoms with Gasteiger partial charge in [-0.15, -0.1) is 11.3 Å². The van der Waals surface area contributed by atoms with Crippen molar-refractivity contribution in [3.8, 4) is 38.8 Å². The van der Waals surface area contributed by atoms with Gasteiger partial charge in [-0.2, -0.15) is 0 Å². The fourth-order valence-corrected chi connectivity index (χ4v) is 11.2. The Balaban J connectivity index is 0.621. The van der Waals surface area contributed by atoms with Crippen LogP contribution < -0.4 is 27.4 Å². The summed E-state index contributed by atoms with van der Waals surface area (Å²) in [6, 6.07) is 30.1. The number of anilines is 1. The lowest BCUT2D eigenvalue weighted by Gasteiger charge is -2.38. The molecule has 1 aliphatic heterocycles. The first-order valence-electron chi connectivity index (χ1n) is 28.8. The molecule has 8 N–H and O–H groups in total. The van der Waals surface area contributed by atoms with Gasteiger partial charge in [-0.05, 0) is 103 Å². The predicted octanol–water partition coefficient (Wildman–Crippen LogP) is 6.82. The van der Waals surface area contributed by atoms with Gasteiger partial charge in [0, 0.05) is 61.9 Å². The van der Waals surface area contributed by atoms with Crippen LogP contribution in [0.1, 0.15) is 81.7 Å². The topological polar surface area (TPSA) is 273 Å². The fourth-order valence-electron chi connectivity index (χ4n) is 10.4. The third kappa shape index (κ3) is 15.6. The minimum absolute atomic E-state index is 0.0124. The van der Waals surface area contributed by atoms with Crippen molar-refractivity contribution in [1.29, 1.82) is 0 Å². The number of rotatable bonds is 28. The summed E-state index contributed by atoms with van der Waals surface area (Å²) < 4.78 is 24.5. The Bertz CT molecular complexity index is 3360. The molecule has 444 valence electrons. The maximum atomic E-state index is 14.0. The number of imidazole rings is 1. The van der Waals surface area contributed by atoms with Crippen LogP contribution in [0.2, 0.25) is 0 Å². The quantitative estimate of drug-likeness (QED) is 0.0275. The number of benzene rings is 3. The number of nitrogen functional groups attached to an aromatic ring is 1. The largest absolute Gasteiger partial charge is 0.391 e. The molecular formula is C63H77N11O9S. The van der Waals surface area contributed by atoms with Gasteiger partial charge in [0.1, 0.15) is 23.4 Å². The van der Waals surface area contributed by atoms with Crippen LogP contribution in [0.3, 0.4) is 0 Å². The number of ether oxygens (including phenoxy) is 4. The lowest BCUT2D eigenvalue weighted by Crippen LogP contribution is -2.57. The van der Waals surface area contributed by atoms with Crippen molar-refractivity contribution in [2.45, 2.75) is 103 Å². The number of carbonyl (C=O) groups excluding carboxylic acids is 4. The van der Waals surface area contributed by atoms with Gasteiger partial charge in [0.25, 0.3) is 0 Å². The van der Waals surface area contributed by atoms with Gasteiger partial charge in [-0.1, -0.05) is 75.4 Å². The Morgan fingerprint density at radius 1 is 0.786 bits per heavy atom. The molecule has 9 rings (SSSR count). The molecule has 1 aliphatic carbocycles. The van der Waals surface area contributed by atoms with E-state index >= 15 is 0 Å². The van der Waals surface area contributed by atoms with E-state index in [1.54, 1.807) is 17.5 Å². The summed E-state index contributed by atoms with van der Waals surface area (Å²) in [4.78, 5) is 74.6. The zero-order valence-corrected chi connectivity index (χ0v) is 49.1.